The minimum absolute atomic E-state index is 0.0301. The van der Waals surface area contributed by atoms with Crippen molar-refractivity contribution >= 4 is 17.3 Å². The summed E-state index contributed by atoms with van der Waals surface area (Å²) in [5.41, 5.74) is 3.33. The molecule has 0 radical (unpaired) electrons. The fourth-order valence-corrected chi connectivity index (χ4v) is 1.75. The van der Waals surface area contributed by atoms with Crippen LogP contribution in [-0.2, 0) is 4.79 Å². The Kier molecular flexibility index (Phi) is 5.08. The molecule has 0 unspecified atom stereocenters. The Balaban J connectivity index is 1.95. The second-order valence-electron chi connectivity index (χ2n) is 4.73. The number of ether oxygens (including phenoxy) is 1. The van der Waals surface area contributed by atoms with Gasteiger partial charge in [-0.05, 0) is 37.6 Å². The molecule has 23 heavy (non-hydrogen) atoms. The Morgan fingerprint density at radius 3 is 2.87 bits per heavy atom. The highest BCUT2D eigenvalue weighted by Gasteiger charge is 2.16. The first-order chi connectivity index (χ1) is 11.0. The van der Waals surface area contributed by atoms with Crippen LogP contribution in [0.15, 0.2) is 46.1 Å². The van der Waals surface area contributed by atoms with Crippen LogP contribution in [0.2, 0.25) is 0 Å². The number of amides is 1. The largest absolute Gasteiger partial charge is 0.477 e. The van der Waals surface area contributed by atoms with Crippen molar-refractivity contribution in [2.24, 2.45) is 5.10 Å². The molecule has 1 aromatic heterocycles. The molecule has 0 atom stereocenters. The minimum Gasteiger partial charge on any atom is -0.477 e. The molecule has 1 heterocycles. The van der Waals surface area contributed by atoms with E-state index in [1.807, 2.05) is 0 Å². The molecular weight excluding hydrogens is 302 g/mol. The third kappa shape index (κ3) is 4.40. The van der Waals surface area contributed by atoms with Crippen LogP contribution in [-0.4, -0.2) is 23.1 Å². The lowest BCUT2D eigenvalue weighted by Crippen LogP contribution is -2.25. The van der Waals surface area contributed by atoms with Crippen LogP contribution < -0.4 is 10.2 Å². The van der Waals surface area contributed by atoms with Gasteiger partial charge in [-0.3, -0.25) is 14.9 Å². The summed E-state index contributed by atoms with van der Waals surface area (Å²) in [6.45, 7) is 3.01. The Hall–Kier alpha value is -3.16. The zero-order valence-corrected chi connectivity index (χ0v) is 12.6. The van der Waals surface area contributed by atoms with E-state index in [-0.39, 0.29) is 11.4 Å². The molecule has 2 aromatic rings. The van der Waals surface area contributed by atoms with Crippen LogP contribution >= 0.6 is 0 Å². The predicted octanol–water partition coefficient (Wildman–Crippen LogP) is 2.42. The van der Waals surface area contributed by atoms with Crippen LogP contribution in [0.1, 0.15) is 18.2 Å². The van der Waals surface area contributed by atoms with Crippen LogP contribution in [0, 0.1) is 17.0 Å². The summed E-state index contributed by atoms with van der Waals surface area (Å²) in [5.74, 6) is 0.0219. The first-order valence-electron chi connectivity index (χ1n) is 6.72. The van der Waals surface area contributed by atoms with E-state index in [0.29, 0.717) is 11.5 Å². The van der Waals surface area contributed by atoms with Crippen molar-refractivity contribution < 1.29 is 18.9 Å². The van der Waals surface area contributed by atoms with Crippen molar-refractivity contribution in [3.63, 3.8) is 0 Å². The van der Waals surface area contributed by atoms with Gasteiger partial charge in [-0.15, -0.1) is 0 Å². The van der Waals surface area contributed by atoms with Crippen molar-refractivity contribution in [2.75, 3.05) is 6.61 Å². The van der Waals surface area contributed by atoms with Gasteiger partial charge >= 0.3 is 5.69 Å². The summed E-state index contributed by atoms with van der Waals surface area (Å²) in [5, 5.41) is 14.8. The summed E-state index contributed by atoms with van der Waals surface area (Å²) >= 11 is 0. The van der Waals surface area contributed by atoms with Gasteiger partial charge in [0.15, 0.2) is 12.4 Å². The summed E-state index contributed by atoms with van der Waals surface area (Å²) in [6, 6.07) is 7.91. The highest BCUT2D eigenvalue weighted by molar-refractivity contribution is 5.96. The van der Waals surface area contributed by atoms with E-state index < -0.39 is 17.4 Å². The number of furan rings is 1. The molecule has 0 saturated carbocycles. The number of hydrazone groups is 1. The lowest BCUT2D eigenvalue weighted by Gasteiger charge is -2.06. The van der Waals surface area contributed by atoms with Gasteiger partial charge in [0.2, 0.25) is 0 Å². The molecule has 0 aliphatic carbocycles. The molecule has 8 nitrogen and oxygen atoms in total. The number of hydrogen-bond donors (Lipinski definition) is 1. The van der Waals surface area contributed by atoms with Crippen molar-refractivity contribution in [3.8, 4) is 5.75 Å². The molecule has 1 N–H and O–H groups in total. The number of nitrogens with one attached hydrogen (secondary N) is 1. The molecule has 0 fully saturated rings. The zero-order valence-electron chi connectivity index (χ0n) is 12.6. The van der Waals surface area contributed by atoms with E-state index in [1.54, 1.807) is 32.0 Å². The highest BCUT2D eigenvalue weighted by atomic mass is 16.6. The maximum atomic E-state index is 11.7. The second-order valence-corrected chi connectivity index (χ2v) is 4.73. The molecule has 0 saturated heterocycles. The number of carbonyl (C=O) groups excluding carboxylic acids is 1. The number of nitro benzene ring substituents is 1. The molecule has 8 heteroatoms. The van der Waals surface area contributed by atoms with Gasteiger partial charge in [0, 0.05) is 6.07 Å². The Morgan fingerprint density at radius 1 is 1.43 bits per heavy atom. The maximum absolute atomic E-state index is 11.7. The fourth-order valence-electron chi connectivity index (χ4n) is 1.75. The van der Waals surface area contributed by atoms with Gasteiger partial charge in [-0.2, -0.15) is 5.10 Å². The molecule has 1 aromatic carbocycles. The van der Waals surface area contributed by atoms with Crippen molar-refractivity contribution in [2.45, 2.75) is 13.8 Å². The standard InChI is InChI=1S/C15H15N3O5/c1-10-5-6-14(12(8-10)18(20)21)23-9-15(19)17-16-11(2)13-4-3-7-22-13/h3-8H,9H2,1-2H3,(H,17,19)/b16-11+. The molecule has 0 aliphatic rings. The van der Waals surface area contributed by atoms with Gasteiger partial charge < -0.3 is 9.15 Å². The predicted molar refractivity (Wildman–Crippen MR) is 82.4 cm³/mol. The number of hydrogen-bond acceptors (Lipinski definition) is 6. The Bertz CT molecular complexity index is 738. The number of rotatable bonds is 6. The van der Waals surface area contributed by atoms with Gasteiger partial charge in [0.1, 0.15) is 11.5 Å². The van der Waals surface area contributed by atoms with Gasteiger partial charge in [-0.25, -0.2) is 5.43 Å². The lowest BCUT2D eigenvalue weighted by molar-refractivity contribution is -0.385. The van der Waals surface area contributed by atoms with E-state index in [2.05, 4.69) is 10.5 Å². The highest BCUT2D eigenvalue weighted by Crippen LogP contribution is 2.27. The van der Waals surface area contributed by atoms with Gasteiger partial charge in [-0.1, -0.05) is 6.07 Å². The van der Waals surface area contributed by atoms with Crippen LogP contribution in [0.25, 0.3) is 0 Å². The van der Waals surface area contributed by atoms with Crippen LogP contribution in [0.5, 0.6) is 5.75 Å². The zero-order chi connectivity index (χ0) is 16.8. The van der Waals surface area contributed by atoms with Crippen LogP contribution in [0.3, 0.4) is 0 Å². The summed E-state index contributed by atoms with van der Waals surface area (Å²) in [4.78, 5) is 22.1. The van der Waals surface area contributed by atoms with E-state index in [4.69, 9.17) is 9.15 Å². The maximum Gasteiger partial charge on any atom is 0.311 e. The summed E-state index contributed by atoms with van der Waals surface area (Å²) in [6.07, 6.45) is 1.50. The molecular formula is C15H15N3O5. The number of benzene rings is 1. The van der Waals surface area contributed by atoms with Gasteiger partial charge in [0.05, 0.1) is 11.2 Å². The third-order valence-electron chi connectivity index (χ3n) is 2.90. The first kappa shape index (κ1) is 16.2. The fraction of sp³-hybridized carbons (Fsp3) is 0.200. The second kappa shape index (κ2) is 7.21. The van der Waals surface area contributed by atoms with Crippen LogP contribution in [0.4, 0.5) is 5.69 Å². The normalized spacial score (nSPS) is 11.1. The van der Waals surface area contributed by atoms with Crippen molar-refractivity contribution in [1.29, 1.82) is 0 Å². The molecule has 2 rings (SSSR count). The quantitative estimate of drug-likeness (QED) is 0.500. The van der Waals surface area contributed by atoms with E-state index in [9.17, 15) is 14.9 Å². The lowest BCUT2D eigenvalue weighted by atomic mass is 10.2. The third-order valence-corrected chi connectivity index (χ3v) is 2.90. The molecule has 1 amide bonds. The Labute approximate surface area is 131 Å². The smallest absolute Gasteiger partial charge is 0.311 e. The molecule has 0 aliphatic heterocycles. The van der Waals surface area contributed by atoms with E-state index in [1.165, 1.54) is 18.4 Å². The summed E-state index contributed by atoms with van der Waals surface area (Å²) < 4.78 is 10.3. The minimum atomic E-state index is -0.556. The topological polar surface area (TPSA) is 107 Å². The first-order valence-corrected chi connectivity index (χ1v) is 6.72. The summed E-state index contributed by atoms with van der Waals surface area (Å²) in [7, 11) is 0. The Morgan fingerprint density at radius 2 is 2.22 bits per heavy atom. The van der Waals surface area contributed by atoms with Gasteiger partial charge in [0.25, 0.3) is 5.91 Å². The average Bonchev–Trinajstić information content (AvgIpc) is 3.05. The molecule has 0 spiro atoms. The molecule has 0 bridgehead atoms. The number of nitrogens with zero attached hydrogens (tertiary/aromatic N) is 2. The molecule has 120 valence electrons. The number of aryl methyl sites for hydroxylation is 1. The monoisotopic (exact) mass is 317 g/mol. The average molecular weight is 317 g/mol. The van der Waals surface area contributed by atoms with Crippen molar-refractivity contribution in [1.82, 2.24) is 5.43 Å². The number of nitro groups is 1. The number of carbonyl (C=O) groups is 1. The van der Waals surface area contributed by atoms with E-state index >= 15 is 0 Å². The van der Waals surface area contributed by atoms with Crippen molar-refractivity contribution in [3.05, 3.63) is 58.0 Å². The SMILES string of the molecule is C/C(=N\NC(=O)COc1ccc(C)cc1[N+](=O)[O-])c1ccco1. The van der Waals surface area contributed by atoms with E-state index in [0.717, 1.165) is 5.56 Å².